The van der Waals surface area contributed by atoms with Crippen LogP contribution in [0.5, 0.6) is 0 Å². The van der Waals surface area contributed by atoms with Gasteiger partial charge >= 0.3 is 0 Å². The van der Waals surface area contributed by atoms with Gasteiger partial charge in [0.25, 0.3) is 0 Å². The molecular formula is C38H38N2. The smallest absolute Gasteiger partial charge is 0.144 e. The number of hydrogen-bond acceptors (Lipinski definition) is 2. The van der Waals surface area contributed by atoms with Gasteiger partial charge in [-0.3, -0.25) is 4.99 Å². The average molecular weight is 523 g/mol. The van der Waals surface area contributed by atoms with E-state index < -0.39 is 0 Å². The normalized spacial score (nSPS) is 29.1. The summed E-state index contributed by atoms with van der Waals surface area (Å²) in [4.78, 5) is 5.52. The fourth-order valence-electron chi connectivity index (χ4n) is 7.06. The predicted octanol–water partition coefficient (Wildman–Crippen LogP) is 8.90. The van der Waals surface area contributed by atoms with Crippen molar-refractivity contribution in [1.82, 2.24) is 5.32 Å². The first kappa shape index (κ1) is 25.1. The van der Waals surface area contributed by atoms with Crippen LogP contribution < -0.4 is 5.32 Å². The van der Waals surface area contributed by atoms with Gasteiger partial charge in [-0.1, -0.05) is 115 Å². The highest BCUT2D eigenvalue weighted by Gasteiger charge is 2.33. The third-order valence-corrected chi connectivity index (χ3v) is 9.08. The maximum Gasteiger partial charge on any atom is 0.144 e. The Bertz CT molecular complexity index is 1500. The Kier molecular flexibility index (Phi) is 7.08. The lowest BCUT2D eigenvalue weighted by atomic mass is 9.76. The number of nitrogens with zero attached hydrogens (tertiary/aromatic N) is 1. The molecular weight excluding hydrogens is 484 g/mol. The van der Waals surface area contributed by atoms with Crippen LogP contribution in [0.2, 0.25) is 0 Å². The first-order valence-electron chi connectivity index (χ1n) is 15.1. The molecule has 1 aromatic rings. The molecule has 2 nitrogen and oxygen atoms in total. The van der Waals surface area contributed by atoms with E-state index in [0.717, 1.165) is 19.3 Å². The highest BCUT2D eigenvalue weighted by atomic mass is 15.1. The Balaban J connectivity index is 1.23. The second-order valence-electron chi connectivity index (χ2n) is 11.6. The molecule has 1 N–H and O–H groups in total. The Morgan fingerprint density at radius 1 is 0.700 bits per heavy atom. The van der Waals surface area contributed by atoms with E-state index in [1.165, 1.54) is 53.8 Å². The minimum Gasteiger partial charge on any atom is -0.359 e. The van der Waals surface area contributed by atoms with E-state index in [1.807, 2.05) is 0 Å². The monoisotopic (exact) mass is 522 g/mol. The van der Waals surface area contributed by atoms with E-state index in [-0.39, 0.29) is 6.17 Å². The standard InChI is InChI=1S/C38H38N2/c1-4-14-29(15-5-1)35-36(30-16-6-2-7-17-30)39-38(40-37(35)31-18-8-3-9-19-31)32-25-23-28(24-26-32)34-22-12-20-27-13-10-11-21-33(27)34/h1-10,13-14,16-18,22-23,25-26,28-29,31,38-39H,11-12,15,19-21,24H2. The number of benzene rings is 1. The summed E-state index contributed by atoms with van der Waals surface area (Å²) >= 11 is 0. The number of rotatable bonds is 5. The lowest BCUT2D eigenvalue weighted by molar-refractivity contribution is 0.654. The molecule has 7 rings (SSSR count). The van der Waals surface area contributed by atoms with Crippen molar-refractivity contribution >= 4 is 11.4 Å². The molecule has 0 bridgehead atoms. The molecule has 4 atom stereocenters. The maximum absolute atomic E-state index is 5.52. The van der Waals surface area contributed by atoms with Gasteiger partial charge in [0, 0.05) is 29.0 Å². The maximum atomic E-state index is 5.52. The van der Waals surface area contributed by atoms with Crippen LogP contribution in [-0.2, 0) is 0 Å². The van der Waals surface area contributed by atoms with Crippen LogP contribution in [0.4, 0.5) is 0 Å². The average Bonchev–Trinajstić information content (AvgIpc) is 3.05. The number of aliphatic imine (C=N–C) groups is 1. The van der Waals surface area contributed by atoms with Gasteiger partial charge in [-0.2, -0.15) is 0 Å². The number of hydrogen-bond donors (Lipinski definition) is 1. The summed E-state index contributed by atoms with van der Waals surface area (Å²) < 4.78 is 0. The van der Waals surface area contributed by atoms with Crippen LogP contribution in [-0.4, -0.2) is 11.9 Å². The lowest BCUT2D eigenvalue weighted by Gasteiger charge is -2.36. The van der Waals surface area contributed by atoms with Crippen LogP contribution in [0.25, 0.3) is 5.70 Å². The van der Waals surface area contributed by atoms with E-state index in [2.05, 4.69) is 121 Å². The fraction of sp³-hybridized carbons (Fsp3) is 0.289. The second-order valence-corrected chi connectivity index (χ2v) is 11.6. The van der Waals surface area contributed by atoms with E-state index in [9.17, 15) is 0 Å². The third-order valence-electron chi connectivity index (χ3n) is 9.08. The van der Waals surface area contributed by atoms with Gasteiger partial charge in [-0.15, -0.1) is 0 Å². The zero-order valence-corrected chi connectivity index (χ0v) is 23.2. The molecule has 1 heterocycles. The predicted molar refractivity (Wildman–Crippen MR) is 169 cm³/mol. The van der Waals surface area contributed by atoms with Crippen LogP contribution in [0.15, 0.2) is 148 Å². The minimum absolute atomic E-state index is 0.0821. The first-order valence-corrected chi connectivity index (χ1v) is 15.1. The summed E-state index contributed by atoms with van der Waals surface area (Å²) in [6, 6.07) is 10.9. The van der Waals surface area contributed by atoms with Gasteiger partial charge < -0.3 is 5.32 Å². The summed E-state index contributed by atoms with van der Waals surface area (Å²) in [7, 11) is 0. The van der Waals surface area contributed by atoms with Gasteiger partial charge in [0.15, 0.2) is 0 Å². The molecule has 0 radical (unpaired) electrons. The van der Waals surface area contributed by atoms with Crippen molar-refractivity contribution in [3.63, 3.8) is 0 Å². The van der Waals surface area contributed by atoms with Crippen molar-refractivity contribution in [2.45, 2.75) is 51.1 Å². The Morgan fingerprint density at radius 2 is 1.52 bits per heavy atom. The Hall–Kier alpha value is -3.91. The highest BCUT2D eigenvalue weighted by molar-refractivity contribution is 6.10. The summed E-state index contributed by atoms with van der Waals surface area (Å²) in [6.07, 6.45) is 40.2. The van der Waals surface area contributed by atoms with Crippen LogP contribution >= 0.6 is 0 Å². The SMILES string of the molecule is C1=CCC(C2=NC(C3=CCC(C4=CCCC5=C4CCC=C5)C=C3)NC(c3ccccc3)=C2C2C=CC=CC2)C=C1. The molecule has 0 saturated carbocycles. The third kappa shape index (κ3) is 4.92. The van der Waals surface area contributed by atoms with E-state index in [0.29, 0.717) is 17.8 Å². The van der Waals surface area contributed by atoms with E-state index in [1.54, 1.807) is 16.7 Å². The van der Waals surface area contributed by atoms with Gasteiger partial charge in [-0.05, 0) is 72.8 Å². The first-order chi connectivity index (χ1) is 19.8. The lowest BCUT2D eigenvalue weighted by Crippen LogP contribution is -2.38. The van der Waals surface area contributed by atoms with Crippen molar-refractivity contribution in [2.75, 3.05) is 0 Å². The van der Waals surface area contributed by atoms with E-state index in [4.69, 9.17) is 4.99 Å². The van der Waals surface area contributed by atoms with Crippen LogP contribution in [0.1, 0.15) is 50.5 Å². The summed E-state index contributed by atoms with van der Waals surface area (Å²) in [5.74, 6) is 1.08. The molecule has 0 aromatic heterocycles. The zero-order chi connectivity index (χ0) is 26.7. The molecule has 0 saturated heterocycles. The molecule has 0 fully saturated rings. The molecule has 0 amide bonds. The number of allylic oxidation sites excluding steroid dienone is 17. The number of nitrogens with one attached hydrogen (secondary N) is 1. The molecule has 2 heteroatoms. The van der Waals surface area contributed by atoms with Crippen molar-refractivity contribution in [3.8, 4) is 0 Å². The quantitative estimate of drug-likeness (QED) is 0.410. The van der Waals surface area contributed by atoms with Gasteiger partial charge in [0.2, 0.25) is 0 Å². The highest BCUT2D eigenvalue weighted by Crippen LogP contribution is 2.41. The van der Waals surface area contributed by atoms with Gasteiger partial charge in [-0.25, -0.2) is 0 Å². The molecule has 200 valence electrons. The molecule has 1 aliphatic heterocycles. The molecule has 6 aliphatic rings. The van der Waals surface area contributed by atoms with Crippen LogP contribution in [0.3, 0.4) is 0 Å². The molecule has 1 aromatic carbocycles. The molecule has 4 unspecified atom stereocenters. The second kappa shape index (κ2) is 11.3. The van der Waals surface area contributed by atoms with Gasteiger partial charge in [0.05, 0.1) is 5.71 Å². The topological polar surface area (TPSA) is 24.4 Å². The van der Waals surface area contributed by atoms with E-state index >= 15 is 0 Å². The molecule has 0 spiro atoms. The van der Waals surface area contributed by atoms with Crippen molar-refractivity contribution in [3.05, 3.63) is 149 Å². The van der Waals surface area contributed by atoms with Crippen molar-refractivity contribution in [2.24, 2.45) is 22.7 Å². The Morgan fingerprint density at radius 3 is 2.27 bits per heavy atom. The molecule has 40 heavy (non-hydrogen) atoms. The van der Waals surface area contributed by atoms with Gasteiger partial charge in [0.1, 0.15) is 6.17 Å². The van der Waals surface area contributed by atoms with Crippen LogP contribution in [0, 0.1) is 17.8 Å². The minimum atomic E-state index is -0.0821. The summed E-state index contributed by atoms with van der Waals surface area (Å²) in [5.41, 5.74) is 11.1. The summed E-state index contributed by atoms with van der Waals surface area (Å²) in [5, 5.41) is 3.94. The van der Waals surface area contributed by atoms with Crippen molar-refractivity contribution < 1.29 is 0 Å². The Labute approximate surface area is 239 Å². The largest absolute Gasteiger partial charge is 0.359 e. The fourth-order valence-corrected chi connectivity index (χ4v) is 7.06. The molecule has 5 aliphatic carbocycles. The summed E-state index contributed by atoms with van der Waals surface area (Å²) in [6.45, 7) is 0. The van der Waals surface area contributed by atoms with Crippen molar-refractivity contribution in [1.29, 1.82) is 0 Å². The zero-order valence-electron chi connectivity index (χ0n) is 23.2.